The van der Waals surface area contributed by atoms with Gasteiger partial charge in [0.05, 0.1) is 5.02 Å². The number of pyridine rings is 1. The molecule has 86 valence electrons. The summed E-state index contributed by atoms with van der Waals surface area (Å²) in [6.07, 6.45) is 3.47. The molecule has 0 aliphatic heterocycles. The van der Waals surface area contributed by atoms with Crippen LogP contribution < -0.4 is 9.63 Å². The molecule has 0 fully saturated rings. The van der Waals surface area contributed by atoms with Gasteiger partial charge < -0.3 is 5.21 Å². The zero-order valence-corrected chi connectivity index (χ0v) is 10.1. The van der Waals surface area contributed by atoms with E-state index in [-0.39, 0.29) is 0 Å². The quantitative estimate of drug-likeness (QED) is 0.448. The fraction of sp³-hybridized carbons (Fsp3) is 0.250. The van der Waals surface area contributed by atoms with Gasteiger partial charge in [-0.1, -0.05) is 36.9 Å². The Bertz CT molecular complexity index is 394. The highest BCUT2D eigenvalue weighted by Crippen LogP contribution is 2.16. The third-order valence-corrected chi connectivity index (χ3v) is 2.38. The van der Waals surface area contributed by atoms with Gasteiger partial charge in [-0.25, -0.2) is 4.73 Å². The van der Waals surface area contributed by atoms with Crippen LogP contribution in [0.25, 0.3) is 0 Å². The van der Waals surface area contributed by atoms with Crippen LogP contribution in [0.4, 0.5) is 5.82 Å². The second-order valence-corrected chi connectivity index (χ2v) is 3.89. The van der Waals surface area contributed by atoms with E-state index < -0.39 is 0 Å². The Balaban J connectivity index is 3.16. The number of aromatic nitrogens is 1. The summed E-state index contributed by atoms with van der Waals surface area (Å²) in [4.78, 5) is 1.85. The highest BCUT2D eigenvalue weighted by atomic mass is 35.5. The molecule has 0 unspecified atom stereocenters. The largest absolute Gasteiger partial charge is 0.710 e. The van der Waals surface area contributed by atoms with Gasteiger partial charge in [0.1, 0.15) is 18.8 Å². The number of nitrogens with zero attached hydrogens (tertiary/aromatic N) is 2. The van der Waals surface area contributed by atoms with Crippen molar-refractivity contribution in [1.82, 2.24) is 0 Å². The second kappa shape index (κ2) is 5.56. The van der Waals surface area contributed by atoms with Crippen LogP contribution in [0, 0.1) is 12.1 Å². The molecule has 16 heavy (non-hydrogen) atoms. The Morgan fingerprint density at radius 2 is 1.94 bits per heavy atom. The average Bonchev–Trinajstić information content (AvgIpc) is 2.23. The molecule has 0 aliphatic carbocycles. The molecule has 0 saturated carbocycles. The standard InChI is InChI=1S/C12H15ClN2O/c1-4-6-14(7-5-2)12-9-11(13)8-10(3)15(12)16/h4-5,8-9H,1-2,6-7H2,3H3. The minimum atomic E-state index is 0.518. The predicted molar refractivity (Wildman–Crippen MR) is 67.8 cm³/mol. The fourth-order valence-corrected chi connectivity index (χ4v) is 1.71. The molecule has 0 radical (unpaired) electrons. The van der Waals surface area contributed by atoms with Crippen molar-refractivity contribution in [1.29, 1.82) is 0 Å². The first-order chi connectivity index (χ1) is 7.60. The van der Waals surface area contributed by atoms with Gasteiger partial charge >= 0.3 is 0 Å². The van der Waals surface area contributed by atoms with Crippen molar-refractivity contribution < 1.29 is 4.73 Å². The van der Waals surface area contributed by atoms with E-state index in [0.29, 0.717) is 29.6 Å². The van der Waals surface area contributed by atoms with Crippen LogP contribution >= 0.6 is 11.6 Å². The van der Waals surface area contributed by atoms with Crippen molar-refractivity contribution >= 4 is 17.4 Å². The molecule has 1 aromatic heterocycles. The van der Waals surface area contributed by atoms with Crippen LogP contribution in [0.1, 0.15) is 5.69 Å². The van der Waals surface area contributed by atoms with E-state index in [2.05, 4.69) is 13.2 Å². The van der Waals surface area contributed by atoms with Gasteiger partial charge in [-0.2, -0.15) is 0 Å². The van der Waals surface area contributed by atoms with Gasteiger partial charge in [-0.15, -0.1) is 0 Å². The molecule has 4 heteroatoms. The maximum Gasteiger partial charge on any atom is 0.281 e. The molecule has 0 atom stereocenters. The summed E-state index contributed by atoms with van der Waals surface area (Å²) in [6.45, 7) is 10.2. The van der Waals surface area contributed by atoms with Crippen LogP contribution in [0.15, 0.2) is 37.4 Å². The van der Waals surface area contributed by atoms with Crippen molar-refractivity contribution in [2.45, 2.75) is 6.92 Å². The Hall–Kier alpha value is -1.48. The van der Waals surface area contributed by atoms with Gasteiger partial charge in [0.15, 0.2) is 0 Å². The van der Waals surface area contributed by atoms with Crippen molar-refractivity contribution in [3.05, 3.63) is 53.4 Å². The summed E-state index contributed by atoms with van der Waals surface area (Å²) in [5, 5.41) is 12.4. The smallest absolute Gasteiger partial charge is 0.281 e. The zero-order chi connectivity index (χ0) is 12.1. The summed E-state index contributed by atoms with van der Waals surface area (Å²) in [7, 11) is 0. The van der Waals surface area contributed by atoms with E-state index in [1.54, 1.807) is 31.2 Å². The minimum absolute atomic E-state index is 0.518. The first kappa shape index (κ1) is 12.6. The van der Waals surface area contributed by atoms with E-state index >= 15 is 0 Å². The molecular formula is C12H15ClN2O. The molecule has 1 heterocycles. The zero-order valence-electron chi connectivity index (χ0n) is 9.32. The van der Waals surface area contributed by atoms with Gasteiger partial charge in [-0.3, -0.25) is 4.90 Å². The Labute approximate surface area is 101 Å². The third-order valence-electron chi connectivity index (χ3n) is 2.17. The molecule has 0 N–H and O–H groups in total. The maximum atomic E-state index is 11.9. The molecule has 1 rings (SSSR count). The second-order valence-electron chi connectivity index (χ2n) is 3.45. The SMILES string of the molecule is C=CCN(CC=C)c1cc(Cl)cc(C)[n+]1[O-]. The number of aryl methyl sites for hydroxylation is 1. The lowest BCUT2D eigenvalue weighted by molar-refractivity contribution is -0.599. The van der Waals surface area contributed by atoms with Gasteiger partial charge in [-0.05, 0) is 13.0 Å². The molecule has 1 aromatic rings. The lowest BCUT2D eigenvalue weighted by Crippen LogP contribution is -2.40. The number of hydrogen-bond donors (Lipinski definition) is 0. The van der Waals surface area contributed by atoms with Crippen molar-refractivity contribution in [3.8, 4) is 0 Å². The Kier molecular flexibility index (Phi) is 4.38. The first-order valence-electron chi connectivity index (χ1n) is 4.96. The van der Waals surface area contributed by atoms with E-state index in [9.17, 15) is 5.21 Å². The number of halogens is 1. The number of anilines is 1. The van der Waals surface area contributed by atoms with E-state index in [4.69, 9.17) is 11.6 Å². The van der Waals surface area contributed by atoms with Crippen LogP contribution in [-0.2, 0) is 0 Å². The monoisotopic (exact) mass is 238 g/mol. The summed E-state index contributed by atoms with van der Waals surface area (Å²) >= 11 is 5.94. The Morgan fingerprint density at radius 3 is 2.44 bits per heavy atom. The molecule has 0 saturated heterocycles. The lowest BCUT2D eigenvalue weighted by atomic mass is 10.3. The van der Waals surface area contributed by atoms with Crippen LogP contribution in [0.3, 0.4) is 0 Å². The van der Waals surface area contributed by atoms with Gasteiger partial charge in [0.25, 0.3) is 5.82 Å². The van der Waals surface area contributed by atoms with Crippen molar-refractivity contribution in [2.75, 3.05) is 18.0 Å². The van der Waals surface area contributed by atoms with E-state index in [1.165, 1.54) is 0 Å². The summed E-state index contributed by atoms with van der Waals surface area (Å²) in [6, 6.07) is 3.28. The lowest BCUT2D eigenvalue weighted by Gasteiger charge is -2.20. The summed E-state index contributed by atoms with van der Waals surface area (Å²) < 4.78 is 0.860. The van der Waals surface area contributed by atoms with Crippen LogP contribution in [0.5, 0.6) is 0 Å². The minimum Gasteiger partial charge on any atom is -0.710 e. The molecule has 0 amide bonds. The van der Waals surface area contributed by atoms with Crippen molar-refractivity contribution in [2.24, 2.45) is 0 Å². The summed E-state index contributed by atoms with van der Waals surface area (Å²) in [5.74, 6) is 0.518. The average molecular weight is 239 g/mol. The predicted octanol–water partition coefficient (Wildman–Crippen LogP) is 2.46. The van der Waals surface area contributed by atoms with Gasteiger partial charge in [0, 0.05) is 6.07 Å². The highest BCUT2D eigenvalue weighted by Gasteiger charge is 2.16. The van der Waals surface area contributed by atoms with Crippen molar-refractivity contribution in [3.63, 3.8) is 0 Å². The van der Waals surface area contributed by atoms with Crippen LogP contribution in [0.2, 0.25) is 5.02 Å². The molecule has 0 aromatic carbocycles. The Morgan fingerprint density at radius 1 is 1.38 bits per heavy atom. The van der Waals surface area contributed by atoms with E-state index in [1.807, 2.05) is 4.90 Å². The maximum absolute atomic E-state index is 11.9. The third kappa shape index (κ3) is 2.76. The number of rotatable bonds is 5. The van der Waals surface area contributed by atoms with Crippen LogP contribution in [-0.4, -0.2) is 13.1 Å². The molecular weight excluding hydrogens is 224 g/mol. The highest BCUT2D eigenvalue weighted by molar-refractivity contribution is 6.30. The van der Waals surface area contributed by atoms with Gasteiger partial charge in [0.2, 0.25) is 0 Å². The molecule has 0 spiro atoms. The molecule has 0 aliphatic rings. The molecule has 0 bridgehead atoms. The fourth-order valence-electron chi connectivity index (χ4n) is 1.46. The first-order valence-corrected chi connectivity index (χ1v) is 5.34. The van der Waals surface area contributed by atoms with E-state index in [0.717, 1.165) is 4.73 Å². The molecule has 3 nitrogen and oxygen atoms in total. The topological polar surface area (TPSA) is 30.2 Å². The summed E-state index contributed by atoms with van der Waals surface area (Å²) in [5.41, 5.74) is 0.570. The number of hydrogen-bond acceptors (Lipinski definition) is 2. The normalized spacial score (nSPS) is 9.88.